The standard InChI is InChI=1S/C18H16N2O2/c19-11-14-4-1-2-5-15(14)12-22-16-7-8-17-13(10-16)6-3-9-20-18(17)21/h1-2,4-5,7-8,10H,3,6,9,12H2,(H,20,21). The number of benzene rings is 2. The SMILES string of the molecule is N#Cc1ccccc1COc1ccc2c(c1)CCCNC2=O. The molecule has 0 radical (unpaired) electrons. The highest BCUT2D eigenvalue weighted by molar-refractivity contribution is 5.96. The molecule has 1 aliphatic rings. The van der Waals surface area contributed by atoms with Gasteiger partial charge in [-0.15, -0.1) is 0 Å². The molecule has 4 heteroatoms. The number of carbonyl (C=O) groups excluding carboxylic acids is 1. The van der Waals surface area contributed by atoms with Gasteiger partial charge in [-0.1, -0.05) is 18.2 Å². The molecule has 4 nitrogen and oxygen atoms in total. The molecule has 22 heavy (non-hydrogen) atoms. The van der Waals surface area contributed by atoms with E-state index in [1.165, 1.54) is 0 Å². The lowest BCUT2D eigenvalue weighted by molar-refractivity contribution is 0.0956. The highest BCUT2D eigenvalue weighted by atomic mass is 16.5. The molecule has 0 unspecified atom stereocenters. The molecule has 1 N–H and O–H groups in total. The van der Waals surface area contributed by atoms with Crippen LogP contribution in [0.5, 0.6) is 5.75 Å². The zero-order valence-corrected chi connectivity index (χ0v) is 12.1. The summed E-state index contributed by atoms with van der Waals surface area (Å²) in [5, 5.41) is 12.0. The minimum atomic E-state index is -0.0196. The van der Waals surface area contributed by atoms with Crippen molar-refractivity contribution in [1.82, 2.24) is 5.32 Å². The third-order valence-electron chi connectivity index (χ3n) is 3.76. The molecule has 0 atom stereocenters. The van der Waals surface area contributed by atoms with Crippen LogP contribution in [-0.2, 0) is 13.0 Å². The van der Waals surface area contributed by atoms with Crippen molar-refractivity contribution in [3.05, 3.63) is 64.7 Å². The Morgan fingerprint density at radius 1 is 1.23 bits per heavy atom. The number of fused-ring (bicyclic) bond motifs is 1. The first-order valence-electron chi connectivity index (χ1n) is 7.30. The molecule has 2 aromatic rings. The van der Waals surface area contributed by atoms with Crippen LogP contribution in [0.4, 0.5) is 0 Å². The number of hydrogen-bond acceptors (Lipinski definition) is 3. The maximum atomic E-state index is 11.9. The van der Waals surface area contributed by atoms with Gasteiger partial charge in [0.15, 0.2) is 0 Å². The Labute approximate surface area is 129 Å². The van der Waals surface area contributed by atoms with Gasteiger partial charge in [0.1, 0.15) is 12.4 Å². The maximum absolute atomic E-state index is 11.9. The number of aryl methyl sites for hydroxylation is 1. The molecule has 0 aliphatic carbocycles. The van der Waals surface area contributed by atoms with Crippen LogP contribution >= 0.6 is 0 Å². The third-order valence-corrected chi connectivity index (χ3v) is 3.76. The number of carbonyl (C=O) groups is 1. The maximum Gasteiger partial charge on any atom is 0.251 e. The summed E-state index contributed by atoms with van der Waals surface area (Å²) in [5.41, 5.74) is 3.22. The van der Waals surface area contributed by atoms with Crippen LogP contribution < -0.4 is 10.1 Å². The Balaban J connectivity index is 1.78. The van der Waals surface area contributed by atoms with Gasteiger partial charge >= 0.3 is 0 Å². The summed E-state index contributed by atoms with van der Waals surface area (Å²) in [4.78, 5) is 11.9. The van der Waals surface area contributed by atoms with Crippen LogP contribution in [0.3, 0.4) is 0 Å². The molecule has 0 aromatic heterocycles. The molecule has 1 heterocycles. The topological polar surface area (TPSA) is 62.1 Å². The van der Waals surface area contributed by atoms with Gasteiger partial charge < -0.3 is 10.1 Å². The van der Waals surface area contributed by atoms with E-state index >= 15 is 0 Å². The lowest BCUT2D eigenvalue weighted by atomic mass is 10.0. The summed E-state index contributed by atoms with van der Waals surface area (Å²) in [5.74, 6) is 0.704. The summed E-state index contributed by atoms with van der Waals surface area (Å²) in [6.45, 7) is 1.05. The van der Waals surface area contributed by atoms with Crippen molar-refractivity contribution in [3.8, 4) is 11.8 Å². The van der Waals surface area contributed by atoms with E-state index in [1.807, 2.05) is 30.3 Å². The second kappa shape index (κ2) is 6.31. The Hall–Kier alpha value is -2.80. The number of ether oxygens (including phenoxy) is 1. The van der Waals surface area contributed by atoms with Gasteiger partial charge in [-0.25, -0.2) is 0 Å². The van der Waals surface area contributed by atoms with E-state index < -0.39 is 0 Å². The van der Waals surface area contributed by atoms with E-state index in [1.54, 1.807) is 12.1 Å². The smallest absolute Gasteiger partial charge is 0.251 e. The lowest BCUT2D eigenvalue weighted by Gasteiger charge is -2.10. The molecule has 1 amide bonds. The van der Waals surface area contributed by atoms with Crippen molar-refractivity contribution >= 4 is 5.91 Å². The first kappa shape index (κ1) is 14.2. The van der Waals surface area contributed by atoms with Crippen molar-refractivity contribution in [2.45, 2.75) is 19.4 Å². The summed E-state index contributed by atoms with van der Waals surface area (Å²) in [6, 6.07) is 15.1. The number of amides is 1. The lowest BCUT2D eigenvalue weighted by Crippen LogP contribution is -2.22. The Morgan fingerprint density at radius 2 is 2.09 bits per heavy atom. The van der Waals surface area contributed by atoms with Crippen molar-refractivity contribution in [1.29, 1.82) is 5.26 Å². The molecule has 1 aliphatic heterocycles. The fraction of sp³-hybridized carbons (Fsp3) is 0.222. The molecule has 110 valence electrons. The zero-order chi connectivity index (χ0) is 15.4. The summed E-state index contributed by atoms with van der Waals surface area (Å²) in [6.07, 6.45) is 1.79. The predicted molar refractivity (Wildman–Crippen MR) is 82.6 cm³/mol. The van der Waals surface area contributed by atoms with E-state index in [0.29, 0.717) is 18.7 Å². The van der Waals surface area contributed by atoms with Crippen LogP contribution in [0.15, 0.2) is 42.5 Å². The highest BCUT2D eigenvalue weighted by Crippen LogP contribution is 2.22. The monoisotopic (exact) mass is 292 g/mol. The fourth-order valence-corrected chi connectivity index (χ4v) is 2.58. The fourth-order valence-electron chi connectivity index (χ4n) is 2.58. The predicted octanol–water partition coefficient (Wildman–Crippen LogP) is 2.81. The van der Waals surface area contributed by atoms with Crippen LogP contribution in [-0.4, -0.2) is 12.5 Å². The minimum Gasteiger partial charge on any atom is -0.489 e. The first-order chi connectivity index (χ1) is 10.8. The van der Waals surface area contributed by atoms with E-state index in [4.69, 9.17) is 10.00 Å². The van der Waals surface area contributed by atoms with Gasteiger partial charge in [-0.05, 0) is 42.7 Å². The van der Waals surface area contributed by atoms with Gasteiger partial charge in [0.05, 0.1) is 11.6 Å². The Morgan fingerprint density at radius 3 is 2.95 bits per heavy atom. The van der Waals surface area contributed by atoms with Crippen molar-refractivity contribution in [3.63, 3.8) is 0 Å². The number of nitrogens with zero attached hydrogens (tertiary/aromatic N) is 1. The molecule has 2 aromatic carbocycles. The molecule has 0 saturated carbocycles. The summed E-state index contributed by atoms with van der Waals surface area (Å²) < 4.78 is 5.79. The third kappa shape index (κ3) is 2.94. The van der Waals surface area contributed by atoms with E-state index in [0.717, 1.165) is 35.3 Å². The quantitative estimate of drug-likeness (QED) is 0.946. The Bertz CT molecular complexity index is 747. The van der Waals surface area contributed by atoms with Crippen LogP contribution in [0.1, 0.15) is 33.5 Å². The van der Waals surface area contributed by atoms with Gasteiger partial charge in [0.25, 0.3) is 5.91 Å². The zero-order valence-electron chi connectivity index (χ0n) is 12.1. The minimum absolute atomic E-state index is 0.0196. The number of hydrogen-bond donors (Lipinski definition) is 1. The average molecular weight is 292 g/mol. The molecular weight excluding hydrogens is 276 g/mol. The summed E-state index contributed by atoms with van der Waals surface area (Å²) >= 11 is 0. The van der Waals surface area contributed by atoms with Crippen LogP contribution in [0.2, 0.25) is 0 Å². The second-order valence-electron chi connectivity index (χ2n) is 5.24. The van der Waals surface area contributed by atoms with Gasteiger partial charge in [0, 0.05) is 17.7 Å². The average Bonchev–Trinajstić information content (AvgIpc) is 2.74. The Kier molecular flexibility index (Phi) is 4.06. The highest BCUT2D eigenvalue weighted by Gasteiger charge is 2.15. The molecular formula is C18H16N2O2. The molecule has 3 rings (SSSR count). The largest absolute Gasteiger partial charge is 0.489 e. The summed E-state index contributed by atoms with van der Waals surface area (Å²) in [7, 11) is 0. The normalized spacial score (nSPS) is 13.5. The van der Waals surface area contributed by atoms with E-state index in [-0.39, 0.29) is 5.91 Å². The van der Waals surface area contributed by atoms with Crippen LogP contribution in [0.25, 0.3) is 0 Å². The van der Waals surface area contributed by atoms with E-state index in [2.05, 4.69) is 11.4 Å². The van der Waals surface area contributed by atoms with Crippen molar-refractivity contribution < 1.29 is 9.53 Å². The van der Waals surface area contributed by atoms with Gasteiger partial charge in [0.2, 0.25) is 0 Å². The molecule has 0 fully saturated rings. The molecule has 0 bridgehead atoms. The van der Waals surface area contributed by atoms with E-state index in [9.17, 15) is 4.79 Å². The second-order valence-corrected chi connectivity index (χ2v) is 5.24. The number of nitriles is 1. The van der Waals surface area contributed by atoms with Crippen molar-refractivity contribution in [2.24, 2.45) is 0 Å². The van der Waals surface area contributed by atoms with Crippen LogP contribution in [0, 0.1) is 11.3 Å². The van der Waals surface area contributed by atoms with Gasteiger partial charge in [-0.2, -0.15) is 5.26 Å². The van der Waals surface area contributed by atoms with Gasteiger partial charge in [-0.3, -0.25) is 4.79 Å². The molecule has 0 saturated heterocycles. The number of nitrogens with one attached hydrogen (secondary N) is 1. The molecule has 0 spiro atoms. The number of rotatable bonds is 3. The van der Waals surface area contributed by atoms with Crippen molar-refractivity contribution in [2.75, 3.05) is 6.54 Å². The first-order valence-corrected chi connectivity index (χ1v) is 7.30.